The van der Waals surface area contributed by atoms with Crippen LogP contribution in [0.4, 0.5) is 0 Å². The first-order valence-electron chi connectivity index (χ1n) is 20.0. The van der Waals surface area contributed by atoms with Crippen LogP contribution in [-0.4, -0.2) is 141 Å². The fourth-order valence-corrected chi connectivity index (χ4v) is 5.44. The molecule has 338 valence electrons. The molecule has 14 N–H and O–H groups in total. The number of carboxylic acids is 1. The molecule has 11 unspecified atom stereocenters. The molecule has 0 aliphatic heterocycles. The molecule has 0 aromatic rings. The van der Waals surface area contributed by atoms with E-state index in [1.165, 1.54) is 20.8 Å². The van der Waals surface area contributed by atoms with Gasteiger partial charge < -0.3 is 63.4 Å². The summed E-state index contributed by atoms with van der Waals surface area (Å²) in [6.07, 6.45) is -1.59. The van der Waals surface area contributed by atoms with E-state index in [-0.39, 0.29) is 18.3 Å². The highest BCUT2D eigenvalue weighted by Gasteiger charge is 2.36. The van der Waals surface area contributed by atoms with Crippen molar-refractivity contribution in [3.63, 3.8) is 0 Å². The van der Waals surface area contributed by atoms with Gasteiger partial charge in [0.1, 0.15) is 36.3 Å². The van der Waals surface area contributed by atoms with E-state index in [9.17, 15) is 58.8 Å². The third-order valence-electron chi connectivity index (χ3n) is 9.70. The van der Waals surface area contributed by atoms with Crippen LogP contribution >= 0.6 is 0 Å². The van der Waals surface area contributed by atoms with Gasteiger partial charge in [0.15, 0.2) is 6.04 Å². The minimum atomic E-state index is -1.55. The van der Waals surface area contributed by atoms with Gasteiger partial charge in [-0.3, -0.25) is 33.6 Å². The smallest absolute Gasteiger partial charge is 0.356 e. The first-order chi connectivity index (χ1) is 27.3. The molecular weight excluding hydrogens is 774 g/mol. The molecule has 21 nitrogen and oxygen atoms in total. The normalized spacial score (nSPS) is 17.3. The van der Waals surface area contributed by atoms with Gasteiger partial charge in [0.25, 0.3) is 5.91 Å². The summed E-state index contributed by atoms with van der Waals surface area (Å²) in [7, 11) is 0. The molecule has 0 saturated carbocycles. The summed E-state index contributed by atoms with van der Waals surface area (Å²) in [5.74, 6) is -8.61. The lowest BCUT2D eigenvalue weighted by atomic mass is 9.96. The van der Waals surface area contributed by atoms with Crippen molar-refractivity contribution >= 4 is 53.2 Å². The average Bonchev–Trinajstić information content (AvgIpc) is 3.15. The first-order valence-corrected chi connectivity index (χ1v) is 20.0. The van der Waals surface area contributed by atoms with E-state index in [1.807, 2.05) is 0 Å². The molecule has 0 heterocycles. The maximum Gasteiger partial charge on any atom is 0.356 e. The lowest BCUT2D eigenvalue weighted by Crippen LogP contribution is -2.80. The summed E-state index contributed by atoms with van der Waals surface area (Å²) in [6, 6.07) is -8.60. The minimum Gasteiger partial charge on any atom is -0.480 e. The second kappa shape index (κ2) is 26.3. The lowest BCUT2D eigenvalue weighted by Gasteiger charge is -2.29. The molecule has 0 aromatic heterocycles. The summed E-state index contributed by atoms with van der Waals surface area (Å²) in [6.45, 7) is 16.6. The molecule has 0 saturated heterocycles. The highest BCUT2D eigenvalue weighted by molar-refractivity contribution is 5.96. The SMILES string of the molecule is CCC(C)C(NC(=O)C[NH+]=C(O)C(NC(=O)CNC(=O)C(C)NC(=O)C(N)C(C)O)C(C)CC)C(=O)NC(CC(C)C)C(=O)NC(C(=O)NC(C(=O)O)C(C)C)C(C)O. The van der Waals surface area contributed by atoms with Gasteiger partial charge in [0.2, 0.25) is 42.0 Å². The highest BCUT2D eigenvalue weighted by atomic mass is 16.4. The Morgan fingerprint density at radius 2 is 1.08 bits per heavy atom. The zero-order valence-electron chi connectivity index (χ0n) is 36.2. The van der Waals surface area contributed by atoms with Crippen LogP contribution in [0.1, 0.15) is 95.4 Å². The Labute approximate surface area is 346 Å². The van der Waals surface area contributed by atoms with Gasteiger partial charge in [-0.2, -0.15) is 0 Å². The third kappa shape index (κ3) is 19.2. The second-order valence-corrected chi connectivity index (χ2v) is 15.8. The Bertz CT molecular complexity index is 1470. The number of carbonyl (C=O) groups excluding carboxylic acids is 7. The monoisotopic (exact) mass is 845 g/mol. The Kier molecular flexibility index (Phi) is 24.1. The van der Waals surface area contributed by atoms with Gasteiger partial charge in [-0.1, -0.05) is 68.2 Å². The maximum atomic E-state index is 13.7. The van der Waals surface area contributed by atoms with E-state index < -0.39 is 133 Å². The van der Waals surface area contributed by atoms with E-state index in [1.54, 1.807) is 55.4 Å². The largest absolute Gasteiger partial charge is 0.480 e. The first kappa shape index (κ1) is 54.1. The van der Waals surface area contributed by atoms with Crippen LogP contribution < -0.4 is 47.9 Å². The molecule has 7 amide bonds. The molecule has 11 atom stereocenters. The van der Waals surface area contributed by atoms with Crippen molar-refractivity contribution in [2.45, 2.75) is 150 Å². The molecular formula is C38H70N9O12+. The summed E-state index contributed by atoms with van der Waals surface area (Å²) in [4.78, 5) is 105. The second-order valence-electron chi connectivity index (χ2n) is 15.8. The Morgan fingerprint density at radius 3 is 1.56 bits per heavy atom. The van der Waals surface area contributed by atoms with Crippen molar-refractivity contribution < 1.29 is 63.8 Å². The third-order valence-corrected chi connectivity index (χ3v) is 9.70. The molecule has 0 aliphatic carbocycles. The van der Waals surface area contributed by atoms with Crippen LogP contribution in [0.5, 0.6) is 0 Å². The number of amides is 7. The average molecular weight is 845 g/mol. The Morgan fingerprint density at radius 1 is 0.576 bits per heavy atom. The van der Waals surface area contributed by atoms with Gasteiger partial charge >= 0.3 is 11.9 Å². The van der Waals surface area contributed by atoms with E-state index in [4.69, 9.17) is 5.73 Å². The fraction of sp³-hybridized carbons (Fsp3) is 0.763. The number of nitrogens with two attached hydrogens (primary N) is 1. The molecule has 21 heteroatoms. The van der Waals surface area contributed by atoms with Gasteiger partial charge in [-0.25, -0.2) is 9.79 Å². The number of aliphatic carboxylic acids is 1. The minimum absolute atomic E-state index is 0.0989. The molecule has 0 aliphatic rings. The maximum absolute atomic E-state index is 13.7. The number of hydrogen-bond acceptors (Lipinski definition) is 11. The van der Waals surface area contributed by atoms with Crippen molar-refractivity contribution in [1.82, 2.24) is 37.2 Å². The van der Waals surface area contributed by atoms with E-state index >= 15 is 0 Å². The highest BCUT2D eigenvalue weighted by Crippen LogP contribution is 2.12. The molecule has 0 fully saturated rings. The summed E-state index contributed by atoms with van der Waals surface area (Å²) < 4.78 is 0. The van der Waals surface area contributed by atoms with Crippen molar-refractivity contribution in [3.8, 4) is 0 Å². The number of rotatable bonds is 26. The van der Waals surface area contributed by atoms with Crippen molar-refractivity contribution in [2.75, 3.05) is 13.1 Å². The quantitative estimate of drug-likeness (QED) is 0.0292. The lowest BCUT2D eigenvalue weighted by molar-refractivity contribution is -0.456. The van der Waals surface area contributed by atoms with Crippen LogP contribution in [0, 0.1) is 23.7 Å². The summed E-state index contributed by atoms with van der Waals surface area (Å²) >= 11 is 0. The Balaban J connectivity index is 5.89. The molecule has 0 aromatic carbocycles. The molecule has 0 rings (SSSR count). The molecule has 0 bridgehead atoms. The van der Waals surface area contributed by atoms with Gasteiger partial charge in [0, 0.05) is 0 Å². The predicted molar refractivity (Wildman–Crippen MR) is 216 cm³/mol. The zero-order valence-corrected chi connectivity index (χ0v) is 36.2. The number of hydrogen-bond donors (Lipinski definition) is 13. The van der Waals surface area contributed by atoms with E-state index in [0.29, 0.717) is 12.8 Å². The van der Waals surface area contributed by atoms with Crippen LogP contribution in [-0.2, 0) is 38.4 Å². The van der Waals surface area contributed by atoms with E-state index in [2.05, 4.69) is 42.2 Å². The number of nitrogens with one attached hydrogen (secondary N) is 8. The predicted octanol–water partition coefficient (Wildman–Crippen LogP) is -3.96. The summed E-state index contributed by atoms with van der Waals surface area (Å²) in [5.41, 5.74) is 5.57. The Hall–Kier alpha value is -4.89. The van der Waals surface area contributed by atoms with Crippen molar-refractivity contribution in [2.24, 2.45) is 29.4 Å². The number of carboxylic acid groups (broad SMARTS) is 1. The van der Waals surface area contributed by atoms with Gasteiger partial charge in [-0.05, 0) is 50.9 Å². The van der Waals surface area contributed by atoms with Crippen molar-refractivity contribution in [3.05, 3.63) is 0 Å². The van der Waals surface area contributed by atoms with Gasteiger partial charge in [0.05, 0.1) is 18.8 Å². The fourth-order valence-electron chi connectivity index (χ4n) is 5.44. The summed E-state index contributed by atoms with van der Waals surface area (Å²) in [5, 5.41) is 57.5. The van der Waals surface area contributed by atoms with Crippen LogP contribution in [0.15, 0.2) is 0 Å². The topological polar surface area (TPSA) is 342 Å². The number of aliphatic hydroxyl groups excluding tert-OH is 3. The van der Waals surface area contributed by atoms with Gasteiger partial charge in [-0.15, -0.1) is 0 Å². The van der Waals surface area contributed by atoms with Crippen molar-refractivity contribution in [1.29, 1.82) is 0 Å². The van der Waals surface area contributed by atoms with Crippen LogP contribution in [0.2, 0.25) is 0 Å². The molecule has 0 radical (unpaired) electrons. The standard InChI is InChI=1S/C38H69N9O12/c1-12-19(7)29(44-25(50)15-40-32(52)21(9)42-34(54)27(39)22(10)48)35(55)41-16-26(51)45-30(20(8)13-2)36(56)43-24(14-17(3)4)33(53)47-31(23(11)49)37(57)46-28(18(5)6)38(58)59/h17-24,27-31,48-49H,12-16,39H2,1-11H3,(H,40,52)(H,41,55)(H,42,54)(H,43,56)(H,44,50)(H,45,51)(H,46,57)(H,47,53)(H,58,59)/p+1. The number of aliphatic hydroxyl groups is 3. The molecule has 0 spiro atoms. The van der Waals surface area contributed by atoms with Crippen LogP contribution in [0.25, 0.3) is 0 Å². The van der Waals surface area contributed by atoms with Crippen LogP contribution in [0.3, 0.4) is 0 Å². The van der Waals surface area contributed by atoms with E-state index in [0.717, 1.165) is 0 Å². The number of carbonyl (C=O) groups is 8. The molecule has 59 heavy (non-hydrogen) atoms. The zero-order chi connectivity index (χ0) is 45.9.